The topological polar surface area (TPSA) is 92.4 Å². The Bertz CT molecular complexity index is 698. The standard InChI is InChI=1S/C14H11F3N2O4/c15-14(16,17)5-10(13(21)22)19-12(20)9-3-1-2-8(4-9)11-6-18-7-23-11/h1-4,6-7,10H,5H2,(H,19,20)(H,21,22). The Kier molecular flexibility index (Phi) is 4.68. The van der Waals surface area contributed by atoms with Crippen molar-refractivity contribution in [2.24, 2.45) is 0 Å². The lowest BCUT2D eigenvalue weighted by Crippen LogP contribution is -2.43. The Morgan fingerprint density at radius 1 is 1.35 bits per heavy atom. The van der Waals surface area contributed by atoms with Crippen LogP contribution in [-0.2, 0) is 4.79 Å². The molecule has 0 saturated heterocycles. The van der Waals surface area contributed by atoms with Crippen molar-refractivity contribution in [3.05, 3.63) is 42.4 Å². The molecule has 1 aromatic heterocycles. The van der Waals surface area contributed by atoms with E-state index in [1.165, 1.54) is 30.8 Å². The summed E-state index contributed by atoms with van der Waals surface area (Å²) in [5.41, 5.74) is 0.491. The van der Waals surface area contributed by atoms with E-state index in [-0.39, 0.29) is 5.56 Å². The highest BCUT2D eigenvalue weighted by Gasteiger charge is 2.36. The molecule has 0 fully saturated rings. The maximum atomic E-state index is 12.3. The van der Waals surface area contributed by atoms with Crippen LogP contribution in [-0.4, -0.2) is 34.2 Å². The van der Waals surface area contributed by atoms with Crippen molar-refractivity contribution >= 4 is 11.9 Å². The highest BCUT2D eigenvalue weighted by Crippen LogP contribution is 2.23. The molecule has 6 nitrogen and oxygen atoms in total. The third-order valence-electron chi connectivity index (χ3n) is 2.88. The number of hydrogen-bond donors (Lipinski definition) is 2. The molecule has 1 amide bonds. The van der Waals surface area contributed by atoms with Crippen molar-refractivity contribution in [2.75, 3.05) is 0 Å². The number of carbonyl (C=O) groups excluding carboxylic acids is 1. The van der Waals surface area contributed by atoms with Crippen LogP contribution in [0.15, 0.2) is 41.3 Å². The number of halogens is 3. The second-order valence-corrected chi connectivity index (χ2v) is 4.63. The number of alkyl halides is 3. The lowest BCUT2D eigenvalue weighted by atomic mass is 10.1. The average Bonchev–Trinajstić information content (AvgIpc) is 2.99. The lowest BCUT2D eigenvalue weighted by molar-refractivity contribution is -0.157. The molecule has 122 valence electrons. The minimum absolute atomic E-state index is 0.00678. The first-order valence-corrected chi connectivity index (χ1v) is 6.35. The number of rotatable bonds is 5. The van der Waals surface area contributed by atoms with Gasteiger partial charge in [0.1, 0.15) is 6.04 Å². The molecule has 2 rings (SSSR count). The van der Waals surface area contributed by atoms with Crippen molar-refractivity contribution in [3.63, 3.8) is 0 Å². The second kappa shape index (κ2) is 6.51. The number of carbonyl (C=O) groups is 2. The van der Waals surface area contributed by atoms with Gasteiger partial charge in [0.05, 0.1) is 12.6 Å². The fourth-order valence-corrected chi connectivity index (χ4v) is 1.85. The number of nitrogens with zero attached hydrogens (tertiary/aromatic N) is 1. The molecule has 0 spiro atoms. The largest absolute Gasteiger partial charge is 0.480 e. The fraction of sp³-hybridized carbons (Fsp3) is 0.214. The monoisotopic (exact) mass is 328 g/mol. The minimum Gasteiger partial charge on any atom is -0.480 e. The summed E-state index contributed by atoms with van der Waals surface area (Å²) in [4.78, 5) is 26.6. The summed E-state index contributed by atoms with van der Waals surface area (Å²) in [7, 11) is 0. The molecule has 0 saturated carbocycles. The third kappa shape index (κ3) is 4.56. The Morgan fingerprint density at radius 3 is 2.65 bits per heavy atom. The van der Waals surface area contributed by atoms with E-state index in [0.29, 0.717) is 11.3 Å². The zero-order chi connectivity index (χ0) is 17.0. The van der Waals surface area contributed by atoms with Gasteiger partial charge in [-0.05, 0) is 12.1 Å². The molecule has 1 heterocycles. The number of aromatic nitrogens is 1. The smallest absolute Gasteiger partial charge is 0.391 e. The second-order valence-electron chi connectivity index (χ2n) is 4.63. The van der Waals surface area contributed by atoms with Gasteiger partial charge in [0.25, 0.3) is 5.91 Å². The minimum atomic E-state index is -4.71. The Morgan fingerprint density at radius 2 is 2.09 bits per heavy atom. The quantitative estimate of drug-likeness (QED) is 0.879. The maximum Gasteiger partial charge on any atom is 0.391 e. The zero-order valence-electron chi connectivity index (χ0n) is 11.5. The van der Waals surface area contributed by atoms with Crippen LogP contribution in [0, 0.1) is 0 Å². The number of oxazole rings is 1. The molecule has 0 aliphatic heterocycles. The molecule has 0 aliphatic rings. The predicted molar refractivity (Wildman–Crippen MR) is 71.5 cm³/mol. The van der Waals surface area contributed by atoms with E-state index in [0.717, 1.165) is 0 Å². The number of hydrogen-bond acceptors (Lipinski definition) is 4. The van der Waals surface area contributed by atoms with Crippen LogP contribution in [0.25, 0.3) is 11.3 Å². The fourth-order valence-electron chi connectivity index (χ4n) is 1.85. The molecule has 0 bridgehead atoms. The van der Waals surface area contributed by atoms with Crippen molar-refractivity contribution in [2.45, 2.75) is 18.6 Å². The van der Waals surface area contributed by atoms with E-state index in [9.17, 15) is 22.8 Å². The molecule has 23 heavy (non-hydrogen) atoms. The van der Waals surface area contributed by atoms with Crippen LogP contribution in [0.2, 0.25) is 0 Å². The van der Waals surface area contributed by atoms with Crippen molar-refractivity contribution in [1.29, 1.82) is 0 Å². The summed E-state index contributed by atoms with van der Waals surface area (Å²) in [6.07, 6.45) is -3.78. The van der Waals surface area contributed by atoms with Gasteiger partial charge in [0.15, 0.2) is 12.2 Å². The van der Waals surface area contributed by atoms with Gasteiger partial charge in [-0.3, -0.25) is 4.79 Å². The number of aliphatic carboxylic acids is 1. The van der Waals surface area contributed by atoms with Crippen LogP contribution in [0.3, 0.4) is 0 Å². The van der Waals surface area contributed by atoms with Gasteiger partial charge in [0.2, 0.25) is 0 Å². The maximum absolute atomic E-state index is 12.3. The lowest BCUT2D eigenvalue weighted by Gasteiger charge is -2.16. The SMILES string of the molecule is O=C(NC(CC(F)(F)F)C(=O)O)c1cccc(-c2cnco2)c1. The molecule has 2 aromatic rings. The number of benzene rings is 1. The summed E-state index contributed by atoms with van der Waals surface area (Å²) in [6, 6.07) is 3.76. The van der Waals surface area contributed by atoms with E-state index in [2.05, 4.69) is 4.98 Å². The third-order valence-corrected chi connectivity index (χ3v) is 2.88. The summed E-state index contributed by atoms with van der Waals surface area (Å²) in [5, 5.41) is 10.7. The molecule has 1 aromatic carbocycles. The van der Waals surface area contributed by atoms with Crippen LogP contribution in [0.5, 0.6) is 0 Å². The highest BCUT2D eigenvalue weighted by molar-refractivity contribution is 5.97. The molecule has 9 heteroatoms. The highest BCUT2D eigenvalue weighted by atomic mass is 19.4. The van der Waals surface area contributed by atoms with E-state index >= 15 is 0 Å². The summed E-state index contributed by atoms with van der Waals surface area (Å²) < 4.78 is 42.1. The van der Waals surface area contributed by atoms with Gasteiger partial charge in [-0.1, -0.05) is 12.1 Å². The molecule has 1 unspecified atom stereocenters. The number of carboxylic acids is 1. The van der Waals surface area contributed by atoms with Crippen LogP contribution < -0.4 is 5.32 Å². The summed E-state index contributed by atoms with van der Waals surface area (Å²) in [6.45, 7) is 0. The van der Waals surface area contributed by atoms with Gasteiger partial charge in [-0.2, -0.15) is 13.2 Å². The molecular weight excluding hydrogens is 317 g/mol. The van der Waals surface area contributed by atoms with E-state index in [1.807, 2.05) is 5.32 Å². The molecule has 1 atom stereocenters. The van der Waals surface area contributed by atoms with Gasteiger partial charge in [-0.15, -0.1) is 0 Å². The van der Waals surface area contributed by atoms with E-state index in [1.54, 1.807) is 6.07 Å². The summed E-state index contributed by atoms with van der Waals surface area (Å²) >= 11 is 0. The molecular formula is C14H11F3N2O4. The average molecular weight is 328 g/mol. The normalized spacial score (nSPS) is 12.7. The number of amides is 1. The van der Waals surface area contributed by atoms with Crippen molar-refractivity contribution in [1.82, 2.24) is 10.3 Å². The first-order valence-electron chi connectivity index (χ1n) is 6.35. The van der Waals surface area contributed by atoms with E-state index in [4.69, 9.17) is 9.52 Å². The van der Waals surface area contributed by atoms with Crippen molar-refractivity contribution < 1.29 is 32.3 Å². The predicted octanol–water partition coefficient (Wildman–Crippen LogP) is 2.48. The van der Waals surface area contributed by atoms with E-state index < -0.39 is 30.5 Å². The molecule has 2 N–H and O–H groups in total. The van der Waals surface area contributed by atoms with Crippen LogP contribution in [0.4, 0.5) is 13.2 Å². The molecule has 0 radical (unpaired) electrons. The Labute approximate surface area is 127 Å². The zero-order valence-corrected chi connectivity index (χ0v) is 11.5. The van der Waals surface area contributed by atoms with Crippen molar-refractivity contribution in [3.8, 4) is 11.3 Å². The first-order chi connectivity index (χ1) is 10.8. The van der Waals surface area contributed by atoms with Crippen LogP contribution in [0.1, 0.15) is 16.8 Å². The number of nitrogens with one attached hydrogen (secondary N) is 1. The Hall–Kier alpha value is -2.84. The van der Waals surface area contributed by atoms with Gasteiger partial charge >= 0.3 is 12.1 Å². The van der Waals surface area contributed by atoms with Gasteiger partial charge in [-0.25, -0.2) is 9.78 Å². The van der Waals surface area contributed by atoms with Gasteiger partial charge in [0, 0.05) is 11.1 Å². The van der Waals surface area contributed by atoms with Crippen LogP contribution >= 0.6 is 0 Å². The number of carboxylic acid groups (broad SMARTS) is 1. The summed E-state index contributed by atoms with van der Waals surface area (Å²) in [5.74, 6) is -2.32. The molecule has 0 aliphatic carbocycles. The van der Waals surface area contributed by atoms with Gasteiger partial charge < -0.3 is 14.8 Å². The first kappa shape index (κ1) is 16.5. The Balaban J connectivity index is 2.16.